The Balaban J connectivity index is 2.03. The van der Waals surface area contributed by atoms with Crippen LogP contribution in [0.3, 0.4) is 0 Å². The molecule has 1 nitrogen and oxygen atoms in total. The van der Waals surface area contributed by atoms with Gasteiger partial charge in [0.15, 0.2) is 0 Å². The lowest BCUT2D eigenvalue weighted by atomic mass is 9.82. The van der Waals surface area contributed by atoms with Crippen molar-refractivity contribution in [1.82, 2.24) is 5.32 Å². The van der Waals surface area contributed by atoms with Crippen LogP contribution in [0.15, 0.2) is 17.5 Å². The molecule has 1 N–H and O–H groups in total. The van der Waals surface area contributed by atoms with Crippen molar-refractivity contribution in [2.75, 3.05) is 11.5 Å². The maximum Gasteiger partial charge on any atom is 0.0414 e. The van der Waals surface area contributed by atoms with Gasteiger partial charge in [-0.3, -0.25) is 0 Å². The molecule has 1 saturated heterocycles. The average molecular weight is 269 g/mol. The first-order chi connectivity index (χ1) is 8.13. The van der Waals surface area contributed by atoms with E-state index in [9.17, 15) is 0 Å². The molecule has 0 aromatic carbocycles. The normalized spacial score (nSPS) is 25.7. The van der Waals surface area contributed by atoms with Gasteiger partial charge in [-0.1, -0.05) is 26.8 Å². The molecule has 0 radical (unpaired) electrons. The predicted octanol–water partition coefficient (Wildman–Crippen LogP) is 4.32. The van der Waals surface area contributed by atoms with E-state index in [4.69, 9.17) is 0 Å². The lowest BCUT2D eigenvalue weighted by Gasteiger charge is -2.40. The van der Waals surface area contributed by atoms with E-state index < -0.39 is 0 Å². The summed E-state index contributed by atoms with van der Waals surface area (Å²) in [7, 11) is 0. The second-order valence-electron chi connectivity index (χ2n) is 5.51. The fraction of sp³-hybridized carbons (Fsp3) is 0.714. The van der Waals surface area contributed by atoms with Crippen molar-refractivity contribution >= 4 is 23.1 Å². The lowest BCUT2D eigenvalue weighted by Crippen LogP contribution is -2.47. The summed E-state index contributed by atoms with van der Waals surface area (Å²) in [5.74, 6) is 2.58. The number of hydrogen-bond donors (Lipinski definition) is 1. The summed E-state index contributed by atoms with van der Waals surface area (Å²) in [5.41, 5.74) is 0.440. The van der Waals surface area contributed by atoms with Crippen molar-refractivity contribution in [1.29, 1.82) is 0 Å². The average Bonchev–Trinajstić information content (AvgIpc) is 2.80. The van der Waals surface area contributed by atoms with E-state index >= 15 is 0 Å². The topological polar surface area (TPSA) is 12.0 Å². The van der Waals surface area contributed by atoms with Gasteiger partial charge in [0.2, 0.25) is 0 Å². The second kappa shape index (κ2) is 5.77. The first-order valence-corrected chi connectivity index (χ1v) is 8.54. The van der Waals surface area contributed by atoms with Gasteiger partial charge in [-0.25, -0.2) is 0 Å². The predicted molar refractivity (Wildman–Crippen MR) is 80.0 cm³/mol. The van der Waals surface area contributed by atoms with Gasteiger partial charge in [-0.15, -0.1) is 11.3 Å². The number of thioether (sulfide) groups is 1. The Kier molecular flexibility index (Phi) is 4.56. The monoisotopic (exact) mass is 269 g/mol. The zero-order chi connectivity index (χ0) is 12.3. The fourth-order valence-corrected chi connectivity index (χ4v) is 4.83. The number of thiophene rings is 1. The quantitative estimate of drug-likeness (QED) is 0.873. The third-order valence-electron chi connectivity index (χ3n) is 3.82. The van der Waals surface area contributed by atoms with Gasteiger partial charge in [0, 0.05) is 22.7 Å². The standard InChI is InChI=1S/C14H23NS2/c1-4-11(12-6-5-8-17-12)15-13-10-16-9-7-14(13,2)3/h5-6,8,11,13,15H,4,7,9-10H2,1-3H3. The fourth-order valence-electron chi connectivity index (χ4n) is 2.34. The summed E-state index contributed by atoms with van der Waals surface area (Å²) in [6, 6.07) is 5.60. The van der Waals surface area contributed by atoms with Crippen molar-refractivity contribution in [3.63, 3.8) is 0 Å². The molecule has 2 rings (SSSR count). The summed E-state index contributed by atoms with van der Waals surface area (Å²) in [4.78, 5) is 1.49. The molecule has 0 saturated carbocycles. The summed E-state index contributed by atoms with van der Waals surface area (Å²) in [6.07, 6.45) is 2.51. The Bertz CT molecular complexity index is 332. The third-order valence-corrected chi connectivity index (χ3v) is 5.86. The van der Waals surface area contributed by atoms with E-state index in [2.05, 4.69) is 55.4 Å². The summed E-state index contributed by atoms with van der Waals surface area (Å²) < 4.78 is 0. The van der Waals surface area contributed by atoms with E-state index in [-0.39, 0.29) is 0 Å². The van der Waals surface area contributed by atoms with Crippen LogP contribution in [-0.2, 0) is 0 Å². The van der Waals surface area contributed by atoms with Crippen molar-refractivity contribution in [2.45, 2.75) is 45.7 Å². The van der Waals surface area contributed by atoms with Crippen LogP contribution in [0.4, 0.5) is 0 Å². The number of nitrogens with one attached hydrogen (secondary N) is 1. The molecule has 0 spiro atoms. The summed E-state index contributed by atoms with van der Waals surface area (Å²) in [5, 5.41) is 6.07. The Labute approximate surface area is 113 Å². The minimum absolute atomic E-state index is 0.440. The molecule has 0 bridgehead atoms. The van der Waals surface area contributed by atoms with Crippen LogP contribution < -0.4 is 5.32 Å². The van der Waals surface area contributed by atoms with E-state index in [1.807, 2.05) is 11.3 Å². The van der Waals surface area contributed by atoms with Crippen LogP contribution in [0.5, 0.6) is 0 Å². The molecule has 2 heterocycles. The Morgan fingerprint density at radius 1 is 1.53 bits per heavy atom. The molecule has 2 unspecified atom stereocenters. The highest BCUT2D eigenvalue weighted by Gasteiger charge is 2.33. The first kappa shape index (κ1) is 13.4. The summed E-state index contributed by atoms with van der Waals surface area (Å²) >= 11 is 3.97. The van der Waals surface area contributed by atoms with E-state index in [0.29, 0.717) is 17.5 Å². The van der Waals surface area contributed by atoms with Gasteiger partial charge in [0.1, 0.15) is 0 Å². The molecule has 1 aliphatic rings. The Morgan fingerprint density at radius 3 is 2.94 bits per heavy atom. The van der Waals surface area contributed by atoms with Gasteiger partial charge < -0.3 is 5.32 Å². The maximum absolute atomic E-state index is 3.89. The molecule has 0 aliphatic carbocycles. The lowest BCUT2D eigenvalue weighted by molar-refractivity contribution is 0.227. The molecule has 1 fully saturated rings. The van der Waals surface area contributed by atoms with Crippen LogP contribution >= 0.6 is 23.1 Å². The van der Waals surface area contributed by atoms with E-state index in [0.717, 1.165) is 0 Å². The molecule has 0 amide bonds. The largest absolute Gasteiger partial charge is 0.305 e. The third kappa shape index (κ3) is 3.27. The maximum atomic E-state index is 3.89. The molecule has 1 aromatic heterocycles. The van der Waals surface area contributed by atoms with Crippen LogP contribution in [0.1, 0.15) is 44.5 Å². The van der Waals surface area contributed by atoms with Gasteiger partial charge in [-0.2, -0.15) is 11.8 Å². The SMILES string of the molecule is CCC(NC1CSCCC1(C)C)c1cccs1. The minimum atomic E-state index is 0.440. The highest BCUT2D eigenvalue weighted by molar-refractivity contribution is 7.99. The first-order valence-electron chi connectivity index (χ1n) is 6.50. The molecule has 3 heteroatoms. The van der Waals surface area contributed by atoms with Crippen LogP contribution in [-0.4, -0.2) is 17.5 Å². The molecule has 1 aliphatic heterocycles. The summed E-state index contributed by atoms with van der Waals surface area (Å²) in [6.45, 7) is 7.09. The molecule has 17 heavy (non-hydrogen) atoms. The Hall–Kier alpha value is 0.01000. The highest BCUT2D eigenvalue weighted by Crippen LogP contribution is 2.36. The second-order valence-corrected chi connectivity index (χ2v) is 7.64. The van der Waals surface area contributed by atoms with Crippen LogP contribution in [0.2, 0.25) is 0 Å². The zero-order valence-electron chi connectivity index (χ0n) is 11.0. The smallest absolute Gasteiger partial charge is 0.0414 e. The number of hydrogen-bond acceptors (Lipinski definition) is 3. The van der Waals surface area contributed by atoms with Crippen molar-refractivity contribution in [3.8, 4) is 0 Å². The molecule has 96 valence electrons. The van der Waals surface area contributed by atoms with Crippen molar-refractivity contribution < 1.29 is 0 Å². The molecular weight excluding hydrogens is 246 g/mol. The van der Waals surface area contributed by atoms with Crippen LogP contribution in [0, 0.1) is 5.41 Å². The minimum Gasteiger partial charge on any atom is -0.305 e. The van der Waals surface area contributed by atoms with Crippen LogP contribution in [0.25, 0.3) is 0 Å². The molecular formula is C14H23NS2. The molecule has 2 atom stereocenters. The zero-order valence-corrected chi connectivity index (χ0v) is 12.7. The van der Waals surface area contributed by atoms with Crippen molar-refractivity contribution in [3.05, 3.63) is 22.4 Å². The highest BCUT2D eigenvalue weighted by atomic mass is 32.2. The number of rotatable bonds is 4. The van der Waals surface area contributed by atoms with Gasteiger partial charge in [0.05, 0.1) is 0 Å². The molecule has 1 aromatic rings. The van der Waals surface area contributed by atoms with Crippen molar-refractivity contribution in [2.24, 2.45) is 5.41 Å². The van der Waals surface area contributed by atoms with E-state index in [1.54, 1.807) is 0 Å². The van der Waals surface area contributed by atoms with E-state index in [1.165, 1.54) is 29.2 Å². The van der Waals surface area contributed by atoms with Gasteiger partial charge in [-0.05, 0) is 35.5 Å². The van der Waals surface area contributed by atoms with Gasteiger partial charge in [0.25, 0.3) is 0 Å². The Morgan fingerprint density at radius 2 is 2.35 bits per heavy atom. The van der Waals surface area contributed by atoms with Gasteiger partial charge >= 0.3 is 0 Å².